The predicted octanol–water partition coefficient (Wildman–Crippen LogP) is 1.30. The number of carbonyl (C=O) groups is 1. The molecule has 1 aromatic rings. The summed E-state index contributed by atoms with van der Waals surface area (Å²) < 4.78 is 9.82. The maximum absolute atomic E-state index is 11.8. The number of ether oxygens (including phenoxy) is 1. The van der Waals surface area contributed by atoms with Crippen molar-refractivity contribution < 1.29 is 14.1 Å². The van der Waals surface area contributed by atoms with E-state index < -0.39 is 0 Å². The van der Waals surface area contributed by atoms with Gasteiger partial charge < -0.3 is 14.2 Å². The quantitative estimate of drug-likeness (QED) is 0.738. The number of nitrogens with zero attached hydrogens (tertiary/aromatic N) is 2. The van der Waals surface area contributed by atoms with Gasteiger partial charge in [0.05, 0.1) is 0 Å². The van der Waals surface area contributed by atoms with Crippen LogP contribution in [0.25, 0.3) is 0 Å². The molecule has 0 unspecified atom stereocenters. The molecule has 0 aliphatic heterocycles. The minimum absolute atomic E-state index is 0.105. The Labute approximate surface area is 89.0 Å². The normalized spacial score (nSPS) is 10.3. The molecule has 0 aliphatic rings. The van der Waals surface area contributed by atoms with E-state index in [9.17, 15) is 4.79 Å². The molecule has 0 atom stereocenters. The molecule has 0 aliphatic carbocycles. The summed E-state index contributed by atoms with van der Waals surface area (Å²) in [6.07, 6.45) is 0. The van der Waals surface area contributed by atoms with Gasteiger partial charge in [-0.1, -0.05) is 5.16 Å². The number of rotatable bonds is 5. The molecule has 1 aromatic heterocycles. The Hall–Kier alpha value is -1.36. The third kappa shape index (κ3) is 2.79. The van der Waals surface area contributed by atoms with Crippen LogP contribution in [0.4, 0.5) is 0 Å². The van der Waals surface area contributed by atoms with Crippen LogP contribution < -0.4 is 0 Å². The van der Waals surface area contributed by atoms with Gasteiger partial charge in [0.15, 0.2) is 11.5 Å². The summed E-state index contributed by atoms with van der Waals surface area (Å²) in [5.74, 6) is 0.458. The molecule has 0 saturated heterocycles. The zero-order valence-corrected chi connectivity index (χ0v) is 9.32. The molecule has 5 heteroatoms. The molecule has 1 rings (SSSR count). The van der Waals surface area contributed by atoms with Crippen molar-refractivity contribution >= 4 is 5.91 Å². The first-order valence-corrected chi connectivity index (χ1v) is 4.96. The van der Waals surface area contributed by atoms with E-state index in [1.165, 1.54) is 0 Å². The molecule has 1 amide bonds. The average molecular weight is 212 g/mol. The monoisotopic (exact) mass is 212 g/mol. The highest BCUT2D eigenvalue weighted by Gasteiger charge is 2.17. The second-order valence-electron chi connectivity index (χ2n) is 3.09. The lowest BCUT2D eigenvalue weighted by Crippen LogP contribution is -2.30. The Morgan fingerprint density at radius 3 is 2.73 bits per heavy atom. The maximum atomic E-state index is 11.8. The molecule has 5 nitrogen and oxygen atoms in total. The van der Waals surface area contributed by atoms with Crippen LogP contribution in [0.15, 0.2) is 10.6 Å². The van der Waals surface area contributed by atoms with Gasteiger partial charge in [0, 0.05) is 26.3 Å². The van der Waals surface area contributed by atoms with Crippen molar-refractivity contribution in [1.29, 1.82) is 0 Å². The van der Waals surface area contributed by atoms with Crippen molar-refractivity contribution in [2.45, 2.75) is 20.5 Å². The van der Waals surface area contributed by atoms with E-state index in [0.717, 1.165) is 0 Å². The summed E-state index contributed by atoms with van der Waals surface area (Å²) in [6.45, 7) is 5.53. The average Bonchev–Trinajstić information content (AvgIpc) is 2.68. The van der Waals surface area contributed by atoms with Crippen LogP contribution in [0.3, 0.4) is 0 Å². The van der Waals surface area contributed by atoms with E-state index in [1.54, 1.807) is 18.1 Å². The van der Waals surface area contributed by atoms with Gasteiger partial charge in [-0.15, -0.1) is 0 Å². The number of amides is 1. The lowest BCUT2D eigenvalue weighted by molar-refractivity contribution is 0.0762. The lowest BCUT2D eigenvalue weighted by Gasteiger charge is -2.16. The number of aromatic nitrogens is 1. The Morgan fingerprint density at radius 2 is 2.20 bits per heavy atom. The second-order valence-corrected chi connectivity index (χ2v) is 3.09. The summed E-state index contributed by atoms with van der Waals surface area (Å²) in [6, 6.07) is 1.62. The van der Waals surface area contributed by atoms with Gasteiger partial charge in [0.1, 0.15) is 6.61 Å². The molecule has 15 heavy (non-hydrogen) atoms. The third-order valence-electron chi connectivity index (χ3n) is 2.12. The van der Waals surface area contributed by atoms with Crippen LogP contribution in [0.1, 0.15) is 30.1 Å². The predicted molar refractivity (Wildman–Crippen MR) is 54.5 cm³/mol. The van der Waals surface area contributed by atoms with Gasteiger partial charge >= 0.3 is 0 Å². The fraction of sp³-hybridized carbons (Fsp3) is 0.600. The van der Waals surface area contributed by atoms with Gasteiger partial charge in [-0.25, -0.2) is 0 Å². The molecule has 0 saturated carbocycles. The van der Waals surface area contributed by atoms with Crippen molar-refractivity contribution in [3.63, 3.8) is 0 Å². The molecule has 0 fully saturated rings. The van der Waals surface area contributed by atoms with Crippen molar-refractivity contribution in [2.75, 3.05) is 20.2 Å². The highest BCUT2D eigenvalue weighted by Crippen LogP contribution is 2.07. The van der Waals surface area contributed by atoms with Crippen LogP contribution in [0.5, 0.6) is 0 Å². The Morgan fingerprint density at radius 1 is 1.53 bits per heavy atom. The molecular weight excluding hydrogens is 196 g/mol. The summed E-state index contributed by atoms with van der Waals surface area (Å²) in [5, 5.41) is 3.71. The SMILES string of the molecule is CCN(CC)C(=O)c1cc(COC)on1. The van der Waals surface area contributed by atoms with Crippen LogP contribution >= 0.6 is 0 Å². The summed E-state index contributed by atoms with van der Waals surface area (Å²) in [4.78, 5) is 13.5. The van der Waals surface area contributed by atoms with Crippen LogP contribution in [-0.2, 0) is 11.3 Å². The first kappa shape index (κ1) is 11.7. The van der Waals surface area contributed by atoms with Gasteiger partial charge in [-0.2, -0.15) is 0 Å². The Bertz CT molecular complexity index is 318. The molecule has 0 N–H and O–H groups in total. The molecule has 0 aromatic carbocycles. The minimum Gasteiger partial charge on any atom is -0.377 e. The number of methoxy groups -OCH3 is 1. The van der Waals surface area contributed by atoms with E-state index in [-0.39, 0.29) is 5.91 Å². The van der Waals surface area contributed by atoms with Crippen LogP contribution in [0.2, 0.25) is 0 Å². The van der Waals surface area contributed by atoms with E-state index in [0.29, 0.717) is 31.2 Å². The first-order chi connectivity index (χ1) is 7.22. The summed E-state index contributed by atoms with van der Waals surface area (Å²) in [7, 11) is 1.56. The summed E-state index contributed by atoms with van der Waals surface area (Å²) in [5.41, 5.74) is 0.339. The fourth-order valence-corrected chi connectivity index (χ4v) is 1.30. The van der Waals surface area contributed by atoms with Crippen molar-refractivity contribution in [1.82, 2.24) is 10.1 Å². The molecule has 1 heterocycles. The van der Waals surface area contributed by atoms with Gasteiger partial charge in [-0.3, -0.25) is 4.79 Å². The smallest absolute Gasteiger partial charge is 0.276 e. The van der Waals surface area contributed by atoms with Crippen molar-refractivity contribution in [2.24, 2.45) is 0 Å². The molecule has 0 radical (unpaired) electrons. The number of hydrogen-bond donors (Lipinski definition) is 0. The Balaban J connectivity index is 2.73. The van der Waals surface area contributed by atoms with E-state index >= 15 is 0 Å². The zero-order valence-electron chi connectivity index (χ0n) is 9.32. The van der Waals surface area contributed by atoms with Crippen molar-refractivity contribution in [3.05, 3.63) is 17.5 Å². The first-order valence-electron chi connectivity index (χ1n) is 4.96. The topological polar surface area (TPSA) is 55.6 Å². The summed E-state index contributed by atoms with van der Waals surface area (Å²) >= 11 is 0. The van der Waals surface area contributed by atoms with E-state index in [4.69, 9.17) is 9.26 Å². The highest BCUT2D eigenvalue weighted by atomic mass is 16.5. The van der Waals surface area contributed by atoms with Gasteiger partial charge in [-0.05, 0) is 13.8 Å². The van der Waals surface area contributed by atoms with Crippen LogP contribution in [-0.4, -0.2) is 36.2 Å². The lowest BCUT2D eigenvalue weighted by atomic mass is 10.3. The molecule has 84 valence electrons. The van der Waals surface area contributed by atoms with E-state index in [1.807, 2.05) is 13.8 Å². The molecule has 0 bridgehead atoms. The standard InChI is InChI=1S/C10H16N2O3/c1-4-12(5-2)10(13)9-6-8(7-14-3)15-11-9/h6H,4-5,7H2,1-3H3. The highest BCUT2D eigenvalue weighted by molar-refractivity contribution is 5.92. The van der Waals surface area contributed by atoms with Gasteiger partial charge in [0.2, 0.25) is 0 Å². The minimum atomic E-state index is -0.105. The van der Waals surface area contributed by atoms with Crippen LogP contribution in [0, 0.1) is 0 Å². The maximum Gasteiger partial charge on any atom is 0.276 e. The fourth-order valence-electron chi connectivity index (χ4n) is 1.30. The zero-order chi connectivity index (χ0) is 11.3. The van der Waals surface area contributed by atoms with Gasteiger partial charge in [0.25, 0.3) is 5.91 Å². The second kappa shape index (κ2) is 5.50. The number of carbonyl (C=O) groups excluding carboxylic acids is 1. The molecule has 0 spiro atoms. The van der Waals surface area contributed by atoms with E-state index in [2.05, 4.69) is 5.16 Å². The third-order valence-corrected chi connectivity index (χ3v) is 2.12. The Kier molecular flexibility index (Phi) is 4.30. The van der Waals surface area contributed by atoms with Crippen molar-refractivity contribution in [3.8, 4) is 0 Å². The largest absolute Gasteiger partial charge is 0.377 e. The number of hydrogen-bond acceptors (Lipinski definition) is 4. The molecular formula is C10H16N2O3.